The zero-order valence-corrected chi connectivity index (χ0v) is 16.2. The number of ether oxygens (including phenoxy) is 1. The minimum Gasteiger partial charge on any atom is -0.489 e. The SMILES string of the molecule is CN(CCCN(C)c1ccc(CCOc2cc(Cl)nnc2N)cc1)C(=O)O. The van der Waals surface area contributed by atoms with Crippen molar-refractivity contribution in [3.05, 3.63) is 41.0 Å². The van der Waals surface area contributed by atoms with E-state index in [0.717, 1.165) is 24.2 Å². The molecule has 8 nitrogen and oxygen atoms in total. The lowest BCUT2D eigenvalue weighted by Gasteiger charge is -2.21. The summed E-state index contributed by atoms with van der Waals surface area (Å²) in [4.78, 5) is 14.2. The number of anilines is 2. The van der Waals surface area contributed by atoms with Gasteiger partial charge in [-0.3, -0.25) is 0 Å². The minimum atomic E-state index is -0.907. The van der Waals surface area contributed by atoms with Gasteiger partial charge in [0.2, 0.25) is 0 Å². The molecule has 9 heteroatoms. The van der Waals surface area contributed by atoms with Gasteiger partial charge in [-0.05, 0) is 24.1 Å². The molecule has 0 bridgehead atoms. The Labute approximate surface area is 163 Å². The van der Waals surface area contributed by atoms with Crippen molar-refractivity contribution in [3.63, 3.8) is 0 Å². The topological polar surface area (TPSA) is 105 Å². The van der Waals surface area contributed by atoms with Crippen LogP contribution in [0.2, 0.25) is 5.15 Å². The van der Waals surface area contributed by atoms with Crippen molar-refractivity contribution < 1.29 is 14.6 Å². The third kappa shape index (κ3) is 6.49. The van der Waals surface area contributed by atoms with Crippen LogP contribution < -0.4 is 15.4 Å². The monoisotopic (exact) mass is 393 g/mol. The fraction of sp³-hybridized carbons (Fsp3) is 0.389. The summed E-state index contributed by atoms with van der Waals surface area (Å²) in [6.07, 6.45) is 0.571. The number of carboxylic acid groups (broad SMARTS) is 1. The van der Waals surface area contributed by atoms with E-state index in [-0.39, 0.29) is 11.0 Å². The average Bonchev–Trinajstić information content (AvgIpc) is 2.64. The molecule has 1 amide bonds. The normalized spacial score (nSPS) is 10.5. The lowest BCUT2D eigenvalue weighted by atomic mass is 10.1. The molecule has 0 aliphatic rings. The third-order valence-corrected chi connectivity index (χ3v) is 4.28. The predicted octanol–water partition coefficient (Wildman–Crippen LogP) is 2.77. The molecule has 146 valence electrons. The molecule has 0 atom stereocenters. The maximum atomic E-state index is 10.8. The van der Waals surface area contributed by atoms with Crippen molar-refractivity contribution in [1.82, 2.24) is 15.1 Å². The third-order valence-electron chi connectivity index (χ3n) is 4.09. The quantitative estimate of drug-likeness (QED) is 0.674. The molecule has 0 aliphatic heterocycles. The fourth-order valence-corrected chi connectivity index (χ4v) is 2.58. The Kier molecular flexibility index (Phi) is 7.48. The summed E-state index contributed by atoms with van der Waals surface area (Å²) in [5.74, 6) is 0.641. The number of carbonyl (C=O) groups is 1. The van der Waals surface area contributed by atoms with Crippen molar-refractivity contribution in [1.29, 1.82) is 0 Å². The number of nitrogen functional groups attached to an aromatic ring is 1. The molecule has 0 saturated carbocycles. The Morgan fingerprint density at radius 3 is 2.59 bits per heavy atom. The van der Waals surface area contributed by atoms with Crippen molar-refractivity contribution in [2.24, 2.45) is 0 Å². The van der Waals surface area contributed by atoms with E-state index in [4.69, 9.17) is 27.2 Å². The Bertz CT molecular complexity index is 757. The summed E-state index contributed by atoms with van der Waals surface area (Å²) >= 11 is 5.78. The van der Waals surface area contributed by atoms with Crippen LogP contribution in [0.3, 0.4) is 0 Å². The molecule has 1 heterocycles. The number of halogens is 1. The van der Waals surface area contributed by atoms with E-state index >= 15 is 0 Å². The van der Waals surface area contributed by atoms with E-state index in [2.05, 4.69) is 15.1 Å². The fourth-order valence-electron chi connectivity index (χ4n) is 2.44. The van der Waals surface area contributed by atoms with Crippen molar-refractivity contribution in [2.45, 2.75) is 12.8 Å². The molecule has 3 N–H and O–H groups in total. The van der Waals surface area contributed by atoms with Gasteiger partial charge >= 0.3 is 6.09 Å². The van der Waals surface area contributed by atoms with E-state index in [1.165, 1.54) is 4.90 Å². The highest BCUT2D eigenvalue weighted by atomic mass is 35.5. The number of hydrogen-bond acceptors (Lipinski definition) is 6. The average molecular weight is 394 g/mol. The van der Waals surface area contributed by atoms with Crippen LogP contribution >= 0.6 is 11.6 Å². The van der Waals surface area contributed by atoms with Crippen LogP contribution in [0.15, 0.2) is 30.3 Å². The number of nitrogens with two attached hydrogens (primary N) is 1. The highest BCUT2D eigenvalue weighted by molar-refractivity contribution is 6.29. The molecule has 0 spiro atoms. The van der Waals surface area contributed by atoms with Gasteiger partial charge in [0.25, 0.3) is 0 Å². The standard InChI is InChI=1S/C18H24ClN5O3/c1-23(9-3-10-24(2)18(25)26)14-6-4-13(5-7-14)8-11-27-15-12-16(19)21-22-17(15)20/h4-7,12H,3,8-11H2,1-2H3,(H2,20,22)(H,25,26). The maximum Gasteiger partial charge on any atom is 0.407 e. The predicted molar refractivity (Wildman–Crippen MR) is 106 cm³/mol. The van der Waals surface area contributed by atoms with Crippen LogP contribution in [0.25, 0.3) is 0 Å². The van der Waals surface area contributed by atoms with Gasteiger partial charge < -0.3 is 25.4 Å². The van der Waals surface area contributed by atoms with E-state index in [9.17, 15) is 4.79 Å². The summed E-state index contributed by atoms with van der Waals surface area (Å²) in [5.41, 5.74) is 7.90. The van der Waals surface area contributed by atoms with Crippen molar-refractivity contribution in [3.8, 4) is 5.75 Å². The molecule has 0 fully saturated rings. The maximum absolute atomic E-state index is 10.8. The Morgan fingerprint density at radius 2 is 1.93 bits per heavy atom. The van der Waals surface area contributed by atoms with Gasteiger partial charge in [0.15, 0.2) is 16.7 Å². The molecule has 0 saturated heterocycles. The first-order valence-corrected chi connectivity index (χ1v) is 8.90. The second-order valence-electron chi connectivity index (χ2n) is 6.16. The van der Waals surface area contributed by atoms with Gasteiger partial charge in [0, 0.05) is 45.4 Å². The Hall–Kier alpha value is -2.74. The van der Waals surface area contributed by atoms with Crippen LogP contribution in [0.5, 0.6) is 5.75 Å². The molecule has 27 heavy (non-hydrogen) atoms. The lowest BCUT2D eigenvalue weighted by molar-refractivity contribution is 0.155. The first-order chi connectivity index (χ1) is 12.9. The van der Waals surface area contributed by atoms with E-state index in [1.54, 1.807) is 13.1 Å². The number of hydrogen-bond donors (Lipinski definition) is 2. The van der Waals surface area contributed by atoms with Gasteiger partial charge in [-0.2, -0.15) is 0 Å². The number of rotatable bonds is 9. The summed E-state index contributed by atoms with van der Waals surface area (Å²) in [7, 11) is 3.56. The second kappa shape index (κ2) is 9.82. The minimum absolute atomic E-state index is 0.213. The zero-order chi connectivity index (χ0) is 19.8. The van der Waals surface area contributed by atoms with Crippen LogP contribution in [0.4, 0.5) is 16.3 Å². The number of benzene rings is 1. The molecular formula is C18H24ClN5O3. The van der Waals surface area contributed by atoms with Crippen molar-refractivity contribution in [2.75, 3.05) is 44.4 Å². The molecule has 2 aromatic rings. The number of amides is 1. The molecule has 1 aromatic heterocycles. The Balaban J connectivity index is 1.78. The smallest absolute Gasteiger partial charge is 0.407 e. The zero-order valence-electron chi connectivity index (χ0n) is 15.4. The van der Waals surface area contributed by atoms with Crippen LogP contribution in [0, 0.1) is 0 Å². The van der Waals surface area contributed by atoms with Crippen LogP contribution in [0.1, 0.15) is 12.0 Å². The largest absolute Gasteiger partial charge is 0.489 e. The van der Waals surface area contributed by atoms with Gasteiger partial charge in [-0.15, -0.1) is 10.2 Å². The van der Waals surface area contributed by atoms with E-state index < -0.39 is 6.09 Å². The molecule has 1 aromatic carbocycles. The highest BCUT2D eigenvalue weighted by Crippen LogP contribution is 2.21. The highest BCUT2D eigenvalue weighted by Gasteiger charge is 2.07. The van der Waals surface area contributed by atoms with E-state index in [1.807, 2.05) is 31.3 Å². The van der Waals surface area contributed by atoms with Crippen molar-refractivity contribution >= 4 is 29.2 Å². The van der Waals surface area contributed by atoms with Gasteiger partial charge in [-0.1, -0.05) is 23.7 Å². The first-order valence-electron chi connectivity index (χ1n) is 8.52. The molecule has 0 radical (unpaired) electrons. The van der Waals surface area contributed by atoms with Gasteiger partial charge in [0.1, 0.15) is 0 Å². The van der Waals surface area contributed by atoms with Gasteiger partial charge in [0.05, 0.1) is 6.61 Å². The second-order valence-corrected chi connectivity index (χ2v) is 6.55. The summed E-state index contributed by atoms with van der Waals surface area (Å²) in [6, 6.07) is 9.70. The Morgan fingerprint density at radius 1 is 1.22 bits per heavy atom. The summed E-state index contributed by atoms with van der Waals surface area (Å²) in [6.45, 7) is 1.73. The van der Waals surface area contributed by atoms with E-state index in [0.29, 0.717) is 25.3 Å². The molecular weight excluding hydrogens is 370 g/mol. The lowest BCUT2D eigenvalue weighted by Crippen LogP contribution is -2.29. The molecule has 2 rings (SSSR count). The van der Waals surface area contributed by atoms with Gasteiger partial charge in [-0.25, -0.2) is 4.79 Å². The van der Waals surface area contributed by atoms with Crippen LogP contribution in [-0.2, 0) is 6.42 Å². The van der Waals surface area contributed by atoms with Crippen LogP contribution in [-0.4, -0.2) is 60.1 Å². The number of nitrogens with zero attached hydrogens (tertiary/aromatic N) is 4. The number of aromatic nitrogens is 2. The molecule has 0 unspecified atom stereocenters. The summed E-state index contributed by atoms with van der Waals surface area (Å²) < 4.78 is 5.62. The summed E-state index contributed by atoms with van der Waals surface area (Å²) in [5, 5.41) is 16.4. The first kappa shape index (κ1) is 20.6. The molecule has 0 aliphatic carbocycles.